The number of aliphatic hydroxyl groups is 8. The summed E-state index contributed by atoms with van der Waals surface area (Å²) in [6, 6.07) is 0. The summed E-state index contributed by atoms with van der Waals surface area (Å²) in [6.07, 6.45) is -4.67. The quantitative estimate of drug-likeness (QED) is 0.143. The van der Waals surface area contributed by atoms with E-state index in [4.69, 9.17) is 9.47 Å². The lowest BCUT2D eigenvalue weighted by Crippen LogP contribution is -2.71. The molecule has 0 unspecified atom stereocenters. The van der Waals surface area contributed by atoms with Gasteiger partial charge in [-0.2, -0.15) is 0 Å². The van der Waals surface area contributed by atoms with Crippen molar-refractivity contribution in [3.63, 3.8) is 0 Å². The summed E-state index contributed by atoms with van der Waals surface area (Å²) in [4.78, 5) is 0. The fourth-order valence-corrected chi connectivity index (χ4v) is 11.9. The van der Waals surface area contributed by atoms with Gasteiger partial charge in [-0.1, -0.05) is 46.8 Å². The second-order valence-corrected chi connectivity index (χ2v) is 17.6. The Morgan fingerprint density at radius 1 is 0.978 bits per heavy atom. The van der Waals surface area contributed by atoms with Crippen molar-refractivity contribution in [2.24, 2.45) is 45.3 Å². The van der Waals surface area contributed by atoms with Crippen LogP contribution in [-0.2, 0) is 9.47 Å². The Morgan fingerprint density at radius 3 is 2.24 bits per heavy atom. The minimum absolute atomic E-state index is 0.0802. The molecule has 10 nitrogen and oxygen atoms in total. The molecule has 0 bridgehead atoms. The van der Waals surface area contributed by atoms with Crippen LogP contribution in [0.1, 0.15) is 99.8 Å². The van der Waals surface area contributed by atoms with Crippen LogP contribution in [0.25, 0.3) is 0 Å². The first kappa shape index (κ1) is 36.6. The number of ether oxygens (including phenoxy) is 2. The molecule has 0 aromatic rings. The molecule has 0 spiro atoms. The zero-order chi connectivity index (χ0) is 34.4. The topological polar surface area (TPSA) is 180 Å². The van der Waals surface area contributed by atoms with Gasteiger partial charge in [0.25, 0.3) is 0 Å². The highest BCUT2D eigenvalue weighted by atomic mass is 16.7. The molecule has 8 N–H and O–H groups in total. The van der Waals surface area contributed by atoms with E-state index < -0.39 is 72.7 Å². The summed E-state index contributed by atoms with van der Waals surface area (Å²) in [7, 11) is 0. The molecule has 0 aromatic carbocycles. The average molecular weight is 655 g/mol. The zero-order valence-corrected chi connectivity index (χ0v) is 29.0. The third kappa shape index (κ3) is 5.46. The highest BCUT2D eigenvalue weighted by Gasteiger charge is 2.73. The van der Waals surface area contributed by atoms with Crippen molar-refractivity contribution in [1.29, 1.82) is 0 Å². The minimum atomic E-state index is -1.56. The molecule has 1 heterocycles. The van der Waals surface area contributed by atoms with Crippen molar-refractivity contribution in [1.82, 2.24) is 0 Å². The van der Waals surface area contributed by atoms with Crippen LogP contribution in [0, 0.1) is 45.3 Å². The van der Waals surface area contributed by atoms with E-state index in [0.29, 0.717) is 37.7 Å². The molecule has 5 fully saturated rings. The summed E-state index contributed by atoms with van der Waals surface area (Å²) in [6.45, 7) is 17.8. The van der Waals surface area contributed by atoms with E-state index >= 15 is 0 Å². The van der Waals surface area contributed by atoms with Gasteiger partial charge in [-0.15, -0.1) is 0 Å². The lowest BCUT2D eigenvalue weighted by Gasteiger charge is -2.72. The molecule has 46 heavy (non-hydrogen) atoms. The van der Waals surface area contributed by atoms with Gasteiger partial charge in [0, 0.05) is 0 Å². The number of hydrogen-bond acceptors (Lipinski definition) is 10. The third-order valence-corrected chi connectivity index (χ3v) is 14.7. The maximum Gasteiger partial charge on any atom is 0.186 e. The predicted octanol–water partition coefficient (Wildman–Crippen LogP) is 2.27. The molecular formula is C36H62O10. The number of rotatable bonds is 8. The monoisotopic (exact) mass is 654 g/mol. The van der Waals surface area contributed by atoms with Gasteiger partial charge in [0.1, 0.15) is 24.4 Å². The van der Waals surface area contributed by atoms with Crippen LogP contribution in [0.5, 0.6) is 0 Å². The van der Waals surface area contributed by atoms with Crippen LogP contribution in [0.15, 0.2) is 12.2 Å². The van der Waals surface area contributed by atoms with Gasteiger partial charge < -0.3 is 50.3 Å². The Morgan fingerprint density at radius 2 is 1.63 bits per heavy atom. The predicted molar refractivity (Wildman–Crippen MR) is 171 cm³/mol. The first-order chi connectivity index (χ1) is 21.2. The second-order valence-electron chi connectivity index (χ2n) is 17.6. The van der Waals surface area contributed by atoms with Crippen molar-refractivity contribution < 1.29 is 50.3 Å². The van der Waals surface area contributed by atoms with Crippen LogP contribution < -0.4 is 0 Å². The second kappa shape index (κ2) is 12.3. The zero-order valence-electron chi connectivity index (χ0n) is 29.0. The molecule has 0 amide bonds. The molecule has 0 aromatic heterocycles. The minimum Gasteiger partial charge on any atom is -0.394 e. The summed E-state index contributed by atoms with van der Waals surface area (Å²) in [5, 5.41) is 87.6. The summed E-state index contributed by atoms with van der Waals surface area (Å²) < 4.78 is 12.6. The van der Waals surface area contributed by atoms with Crippen molar-refractivity contribution in [2.75, 3.05) is 6.61 Å². The van der Waals surface area contributed by atoms with Crippen molar-refractivity contribution in [3.05, 3.63) is 12.2 Å². The van der Waals surface area contributed by atoms with Gasteiger partial charge in [0.05, 0.1) is 36.6 Å². The molecule has 1 aliphatic heterocycles. The fourth-order valence-electron chi connectivity index (χ4n) is 11.9. The number of hydrogen-bond donors (Lipinski definition) is 8. The van der Waals surface area contributed by atoms with E-state index in [1.165, 1.54) is 0 Å². The normalized spacial score (nSPS) is 52.2. The first-order valence-corrected chi connectivity index (χ1v) is 17.6. The molecule has 5 aliphatic rings. The maximum atomic E-state index is 12.1. The lowest BCUT2D eigenvalue weighted by atomic mass is 9.34. The number of fused-ring (bicyclic) bond motifs is 5. The van der Waals surface area contributed by atoms with E-state index in [1.807, 2.05) is 6.92 Å². The molecule has 5 rings (SSSR count). The Kier molecular flexibility index (Phi) is 9.78. The average Bonchev–Trinajstić information content (AvgIpc) is 3.36. The summed E-state index contributed by atoms with van der Waals surface area (Å²) in [5.74, 6) is -0.481. The molecular weight excluding hydrogens is 592 g/mol. The van der Waals surface area contributed by atoms with Crippen LogP contribution in [0.4, 0.5) is 0 Å². The van der Waals surface area contributed by atoms with Gasteiger partial charge in [-0.25, -0.2) is 0 Å². The number of aliphatic hydroxyl groups excluding tert-OH is 7. The lowest BCUT2D eigenvalue weighted by molar-refractivity contribution is -0.346. The molecule has 0 radical (unpaired) electrons. The van der Waals surface area contributed by atoms with E-state index in [2.05, 4.69) is 41.2 Å². The van der Waals surface area contributed by atoms with Gasteiger partial charge in [-0.05, 0) is 111 Å². The SMILES string of the molecule is C=C(C)[C@@H](O)CC[C@](C)(O)[C@H]1CC[C@]2(C)[C@@H]1[C@H](O)C[C@@H]1[C@@]3(C)CC[C@H](O)C(C)(C)[C@H]3[C@@H](O[C@H]3O[C@H](CO)[C@@H](O)[C@H](O)[C@H]3O)C[C@]12C. The first-order valence-electron chi connectivity index (χ1n) is 17.6. The maximum absolute atomic E-state index is 12.1. The Bertz CT molecular complexity index is 1130. The Balaban J connectivity index is 1.53. The Hall–Kier alpha value is -0.660. The van der Waals surface area contributed by atoms with E-state index in [9.17, 15) is 40.9 Å². The standard InChI is InChI=1S/C36H62O10/c1-18(2)20(38)10-14-36(8,44)19-9-13-34(6)26(19)21(39)15-24-33(5)12-11-25(40)32(3,4)30(33)22(16-35(24,34)7)45-31-29(43)28(42)27(41)23(17-37)46-31/h19-31,37-44H,1,9-17H2,2-8H3/t19-,20-,21+,22-,23+,24+,25-,26-,27+,28-,29+,30+,31-,33+,34+,35+,36-/m0/s1. The molecule has 4 saturated carbocycles. The highest BCUT2D eigenvalue weighted by Crippen LogP contribution is 2.76. The van der Waals surface area contributed by atoms with Crippen LogP contribution in [-0.4, -0.2) is 108 Å². The molecule has 4 aliphatic carbocycles. The Labute approximate surface area is 274 Å². The van der Waals surface area contributed by atoms with Gasteiger partial charge in [0.2, 0.25) is 0 Å². The van der Waals surface area contributed by atoms with E-state index in [1.54, 1.807) is 6.92 Å². The summed E-state index contributed by atoms with van der Waals surface area (Å²) >= 11 is 0. The van der Waals surface area contributed by atoms with Crippen molar-refractivity contribution >= 4 is 0 Å². The summed E-state index contributed by atoms with van der Waals surface area (Å²) in [5.41, 5.74) is -2.15. The molecule has 10 heteroatoms. The van der Waals surface area contributed by atoms with E-state index in [-0.39, 0.29) is 39.9 Å². The molecule has 17 atom stereocenters. The van der Waals surface area contributed by atoms with Crippen molar-refractivity contribution in [2.45, 2.75) is 161 Å². The molecule has 1 saturated heterocycles. The van der Waals surface area contributed by atoms with Crippen LogP contribution >= 0.6 is 0 Å². The highest BCUT2D eigenvalue weighted by molar-refractivity contribution is 5.22. The van der Waals surface area contributed by atoms with Crippen molar-refractivity contribution in [3.8, 4) is 0 Å². The largest absolute Gasteiger partial charge is 0.394 e. The van der Waals surface area contributed by atoms with E-state index in [0.717, 1.165) is 19.3 Å². The third-order valence-electron chi connectivity index (χ3n) is 14.7. The van der Waals surface area contributed by atoms with Crippen LogP contribution in [0.2, 0.25) is 0 Å². The van der Waals surface area contributed by atoms with Crippen LogP contribution in [0.3, 0.4) is 0 Å². The molecule has 266 valence electrons. The fraction of sp³-hybridized carbons (Fsp3) is 0.944. The van der Waals surface area contributed by atoms with Gasteiger partial charge in [0.15, 0.2) is 6.29 Å². The van der Waals surface area contributed by atoms with Gasteiger partial charge in [-0.3, -0.25) is 0 Å². The van der Waals surface area contributed by atoms with Gasteiger partial charge >= 0.3 is 0 Å². The smallest absolute Gasteiger partial charge is 0.186 e.